The fourth-order valence-corrected chi connectivity index (χ4v) is 2.43. The number of nitrogens with zero attached hydrogens (tertiary/aromatic N) is 4. The molecule has 0 atom stereocenters. The summed E-state index contributed by atoms with van der Waals surface area (Å²) in [6.07, 6.45) is 2.99. The Balaban J connectivity index is 1.92. The van der Waals surface area contributed by atoms with Crippen molar-refractivity contribution >= 4 is 28.9 Å². The average Bonchev–Trinajstić information content (AvgIpc) is 3.09. The predicted molar refractivity (Wildman–Crippen MR) is 95.1 cm³/mol. The van der Waals surface area contributed by atoms with Gasteiger partial charge in [-0.05, 0) is 36.4 Å². The van der Waals surface area contributed by atoms with Crippen molar-refractivity contribution < 1.29 is 4.79 Å². The van der Waals surface area contributed by atoms with Crippen molar-refractivity contribution in [1.82, 2.24) is 14.8 Å². The van der Waals surface area contributed by atoms with E-state index >= 15 is 0 Å². The van der Waals surface area contributed by atoms with Crippen LogP contribution in [0.25, 0.3) is 5.69 Å². The van der Waals surface area contributed by atoms with Gasteiger partial charge in [0.05, 0.1) is 11.4 Å². The fraction of sp³-hybridized carbons (Fsp3) is 0.118. The standard InChI is InChI=1S/C17H16ClN5O/c1-22(2)14-5-3-4-12(8-14)17(24)21-15-9-13(18)6-7-16(15)23-11-19-10-20-23/h3-11H,1-2H3,(H,21,24). The van der Waals surface area contributed by atoms with Gasteiger partial charge >= 0.3 is 0 Å². The first-order valence-corrected chi connectivity index (χ1v) is 7.65. The van der Waals surface area contributed by atoms with Gasteiger partial charge in [0.15, 0.2) is 0 Å². The van der Waals surface area contributed by atoms with Gasteiger partial charge in [-0.1, -0.05) is 17.7 Å². The van der Waals surface area contributed by atoms with Crippen LogP contribution in [0, 0.1) is 0 Å². The van der Waals surface area contributed by atoms with E-state index in [0.29, 0.717) is 22.0 Å². The van der Waals surface area contributed by atoms with E-state index in [2.05, 4.69) is 15.4 Å². The van der Waals surface area contributed by atoms with E-state index in [-0.39, 0.29) is 5.91 Å². The van der Waals surface area contributed by atoms with Crippen LogP contribution in [0.3, 0.4) is 0 Å². The molecule has 7 heteroatoms. The molecule has 24 heavy (non-hydrogen) atoms. The molecular formula is C17H16ClN5O. The highest BCUT2D eigenvalue weighted by Gasteiger charge is 2.12. The predicted octanol–water partition coefficient (Wildman–Crippen LogP) is 3.24. The van der Waals surface area contributed by atoms with Crippen molar-refractivity contribution in [1.29, 1.82) is 0 Å². The van der Waals surface area contributed by atoms with Crippen LogP contribution in [0.4, 0.5) is 11.4 Å². The molecule has 0 aliphatic heterocycles. The van der Waals surface area contributed by atoms with Crippen molar-refractivity contribution in [3.63, 3.8) is 0 Å². The van der Waals surface area contributed by atoms with Crippen LogP contribution in [-0.4, -0.2) is 34.8 Å². The maximum Gasteiger partial charge on any atom is 0.255 e. The summed E-state index contributed by atoms with van der Waals surface area (Å²) in [5, 5.41) is 7.51. The fourth-order valence-electron chi connectivity index (χ4n) is 2.26. The summed E-state index contributed by atoms with van der Waals surface area (Å²) in [7, 11) is 3.85. The maximum absolute atomic E-state index is 12.6. The highest BCUT2D eigenvalue weighted by atomic mass is 35.5. The molecule has 3 aromatic rings. The number of anilines is 2. The van der Waals surface area contributed by atoms with Gasteiger partial charge in [-0.2, -0.15) is 5.10 Å². The van der Waals surface area contributed by atoms with Gasteiger partial charge in [0.2, 0.25) is 0 Å². The Morgan fingerprint density at radius 2 is 2.04 bits per heavy atom. The van der Waals surface area contributed by atoms with Crippen molar-refractivity contribution in [2.45, 2.75) is 0 Å². The summed E-state index contributed by atoms with van der Waals surface area (Å²) in [5.41, 5.74) is 2.76. The topological polar surface area (TPSA) is 63.1 Å². The summed E-state index contributed by atoms with van der Waals surface area (Å²) in [6, 6.07) is 12.6. The number of amides is 1. The number of hydrogen-bond acceptors (Lipinski definition) is 4. The highest BCUT2D eigenvalue weighted by Crippen LogP contribution is 2.25. The molecule has 0 saturated heterocycles. The molecule has 1 amide bonds. The minimum absolute atomic E-state index is 0.220. The van der Waals surface area contributed by atoms with Gasteiger partial charge < -0.3 is 10.2 Å². The van der Waals surface area contributed by atoms with Crippen LogP contribution < -0.4 is 10.2 Å². The van der Waals surface area contributed by atoms with Gasteiger partial charge in [0.25, 0.3) is 5.91 Å². The zero-order valence-electron chi connectivity index (χ0n) is 13.3. The zero-order valence-corrected chi connectivity index (χ0v) is 14.0. The van der Waals surface area contributed by atoms with Crippen LogP contribution in [0.5, 0.6) is 0 Å². The van der Waals surface area contributed by atoms with Gasteiger partial charge in [-0.3, -0.25) is 4.79 Å². The Morgan fingerprint density at radius 3 is 2.75 bits per heavy atom. The van der Waals surface area contributed by atoms with E-state index in [1.807, 2.05) is 37.2 Å². The molecule has 0 unspecified atom stereocenters. The Labute approximate surface area is 144 Å². The number of hydrogen-bond donors (Lipinski definition) is 1. The summed E-state index contributed by atoms with van der Waals surface area (Å²) in [5.74, 6) is -0.220. The molecule has 0 spiro atoms. The third kappa shape index (κ3) is 3.38. The molecule has 0 saturated carbocycles. The second-order valence-electron chi connectivity index (χ2n) is 5.40. The molecule has 0 bridgehead atoms. The second-order valence-corrected chi connectivity index (χ2v) is 5.84. The lowest BCUT2D eigenvalue weighted by Crippen LogP contribution is -2.15. The van der Waals surface area contributed by atoms with Crippen molar-refractivity contribution in [3.8, 4) is 5.69 Å². The van der Waals surface area contributed by atoms with E-state index in [4.69, 9.17) is 11.6 Å². The van der Waals surface area contributed by atoms with E-state index in [1.54, 1.807) is 35.3 Å². The lowest BCUT2D eigenvalue weighted by molar-refractivity contribution is 0.102. The average molecular weight is 342 g/mol. The Hall–Kier alpha value is -2.86. The number of nitrogens with one attached hydrogen (secondary N) is 1. The molecule has 0 aliphatic carbocycles. The van der Waals surface area contributed by atoms with E-state index in [1.165, 1.54) is 6.33 Å². The first-order chi connectivity index (χ1) is 11.5. The minimum atomic E-state index is -0.220. The molecule has 3 rings (SSSR count). The molecule has 2 aromatic carbocycles. The number of halogens is 1. The molecule has 0 aliphatic rings. The molecule has 1 aromatic heterocycles. The summed E-state index contributed by atoms with van der Waals surface area (Å²) >= 11 is 6.07. The van der Waals surface area contributed by atoms with Gasteiger partial charge in [-0.25, -0.2) is 9.67 Å². The Kier molecular flexibility index (Phi) is 4.48. The largest absolute Gasteiger partial charge is 0.378 e. The van der Waals surface area contributed by atoms with Gasteiger partial charge in [0.1, 0.15) is 12.7 Å². The smallest absolute Gasteiger partial charge is 0.255 e. The van der Waals surface area contributed by atoms with Crippen molar-refractivity contribution in [2.24, 2.45) is 0 Å². The molecule has 1 N–H and O–H groups in total. The third-order valence-electron chi connectivity index (χ3n) is 3.50. The summed E-state index contributed by atoms with van der Waals surface area (Å²) in [4.78, 5) is 18.5. The molecular weight excluding hydrogens is 326 g/mol. The number of rotatable bonds is 4. The molecule has 1 heterocycles. The van der Waals surface area contributed by atoms with Crippen LogP contribution in [0.1, 0.15) is 10.4 Å². The maximum atomic E-state index is 12.6. The second kappa shape index (κ2) is 6.72. The SMILES string of the molecule is CN(C)c1cccc(C(=O)Nc2cc(Cl)ccc2-n2cncn2)c1. The first-order valence-electron chi connectivity index (χ1n) is 7.28. The monoisotopic (exact) mass is 341 g/mol. The van der Waals surface area contributed by atoms with E-state index in [9.17, 15) is 4.79 Å². The molecule has 0 fully saturated rings. The van der Waals surface area contributed by atoms with E-state index < -0.39 is 0 Å². The third-order valence-corrected chi connectivity index (χ3v) is 3.73. The number of benzene rings is 2. The summed E-state index contributed by atoms with van der Waals surface area (Å²) in [6.45, 7) is 0. The Morgan fingerprint density at radius 1 is 1.21 bits per heavy atom. The Bertz CT molecular complexity index is 861. The molecule has 0 radical (unpaired) electrons. The van der Waals surface area contributed by atoms with Gasteiger partial charge in [-0.15, -0.1) is 0 Å². The van der Waals surface area contributed by atoms with Crippen LogP contribution >= 0.6 is 11.6 Å². The summed E-state index contributed by atoms with van der Waals surface area (Å²) < 4.78 is 1.57. The lowest BCUT2D eigenvalue weighted by Gasteiger charge is -2.14. The molecule has 6 nitrogen and oxygen atoms in total. The first kappa shape index (κ1) is 16.0. The van der Waals surface area contributed by atoms with Crippen molar-refractivity contribution in [3.05, 3.63) is 65.7 Å². The molecule has 122 valence electrons. The van der Waals surface area contributed by atoms with Crippen LogP contribution in [0.15, 0.2) is 55.1 Å². The van der Waals surface area contributed by atoms with E-state index in [0.717, 1.165) is 5.69 Å². The zero-order chi connectivity index (χ0) is 17.1. The normalized spacial score (nSPS) is 10.5. The number of carbonyl (C=O) groups excluding carboxylic acids is 1. The van der Waals surface area contributed by atoms with Crippen LogP contribution in [-0.2, 0) is 0 Å². The number of aromatic nitrogens is 3. The lowest BCUT2D eigenvalue weighted by atomic mass is 10.1. The highest BCUT2D eigenvalue weighted by molar-refractivity contribution is 6.31. The quantitative estimate of drug-likeness (QED) is 0.791. The van der Waals surface area contributed by atoms with Gasteiger partial charge in [0, 0.05) is 30.4 Å². The minimum Gasteiger partial charge on any atom is -0.378 e. The van der Waals surface area contributed by atoms with Crippen molar-refractivity contribution in [2.75, 3.05) is 24.3 Å². The van der Waals surface area contributed by atoms with Crippen LogP contribution in [0.2, 0.25) is 5.02 Å². The number of carbonyl (C=O) groups is 1.